The van der Waals surface area contributed by atoms with E-state index in [2.05, 4.69) is 5.32 Å². The summed E-state index contributed by atoms with van der Waals surface area (Å²) in [5.74, 6) is -2.13. The SMILES string of the molecule is COC(=O)[C@@H](Cc1cn(C(=O)OC(C)(C)C)c2ccccc12)NC(=O)c1ccccc1F. The van der Waals surface area contributed by atoms with E-state index >= 15 is 0 Å². The molecule has 0 saturated carbocycles. The van der Waals surface area contributed by atoms with Gasteiger partial charge in [-0.15, -0.1) is 0 Å². The standard InChI is InChI=1S/C24H25FN2O5/c1-24(2,3)32-23(30)27-14-15(16-9-6-8-12-20(16)27)13-19(22(29)31-4)26-21(28)17-10-5-7-11-18(17)25/h5-12,14,19H,13H2,1-4H3,(H,26,28)/t19-/m1/s1. The van der Waals surface area contributed by atoms with Gasteiger partial charge in [0.05, 0.1) is 18.2 Å². The minimum absolute atomic E-state index is 0.0309. The molecule has 1 aromatic heterocycles. The Morgan fingerprint density at radius 3 is 2.38 bits per heavy atom. The average Bonchev–Trinajstić information content (AvgIpc) is 3.10. The summed E-state index contributed by atoms with van der Waals surface area (Å²) in [6.07, 6.45) is 1.04. The number of carbonyl (C=O) groups excluding carboxylic acids is 3. The molecule has 0 spiro atoms. The molecular formula is C24H25FN2O5. The molecule has 7 nitrogen and oxygen atoms in total. The van der Waals surface area contributed by atoms with Crippen molar-refractivity contribution >= 4 is 28.9 Å². The van der Waals surface area contributed by atoms with Gasteiger partial charge in [-0.2, -0.15) is 0 Å². The zero-order chi connectivity index (χ0) is 23.5. The molecule has 0 fully saturated rings. The Labute approximate surface area is 185 Å². The number of methoxy groups -OCH3 is 1. The molecule has 2 aromatic carbocycles. The summed E-state index contributed by atoms with van der Waals surface area (Å²) in [7, 11) is 1.20. The Morgan fingerprint density at radius 1 is 1.06 bits per heavy atom. The van der Waals surface area contributed by atoms with E-state index < -0.39 is 35.4 Å². The summed E-state index contributed by atoms with van der Waals surface area (Å²) in [4.78, 5) is 37.7. The van der Waals surface area contributed by atoms with Crippen LogP contribution in [0.2, 0.25) is 0 Å². The Bertz CT molecular complexity index is 1160. The zero-order valence-corrected chi connectivity index (χ0v) is 18.3. The number of hydrogen-bond acceptors (Lipinski definition) is 5. The van der Waals surface area contributed by atoms with Crippen LogP contribution in [0.3, 0.4) is 0 Å². The predicted molar refractivity (Wildman–Crippen MR) is 117 cm³/mol. The van der Waals surface area contributed by atoms with Crippen LogP contribution in [0.25, 0.3) is 10.9 Å². The van der Waals surface area contributed by atoms with Crippen LogP contribution < -0.4 is 5.32 Å². The topological polar surface area (TPSA) is 86.6 Å². The third-order valence-electron chi connectivity index (χ3n) is 4.72. The lowest BCUT2D eigenvalue weighted by molar-refractivity contribution is -0.142. The van der Waals surface area contributed by atoms with Crippen LogP contribution in [-0.2, 0) is 20.7 Å². The first-order chi connectivity index (χ1) is 15.1. The monoisotopic (exact) mass is 440 g/mol. The molecule has 1 atom stereocenters. The van der Waals surface area contributed by atoms with Gasteiger partial charge in [0.15, 0.2) is 0 Å². The third-order valence-corrected chi connectivity index (χ3v) is 4.72. The van der Waals surface area contributed by atoms with Gasteiger partial charge in [0, 0.05) is 18.0 Å². The maximum absolute atomic E-state index is 14.0. The van der Waals surface area contributed by atoms with Gasteiger partial charge in [-0.3, -0.25) is 9.36 Å². The van der Waals surface area contributed by atoms with Gasteiger partial charge in [0.25, 0.3) is 5.91 Å². The number of fused-ring (bicyclic) bond motifs is 1. The van der Waals surface area contributed by atoms with E-state index in [0.29, 0.717) is 16.5 Å². The molecule has 0 bridgehead atoms. The molecule has 168 valence electrons. The molecule has 0 aliphatic carbocycles. The first kappa shape index (κ1) is 23.0. The normalized spacial score (nSPS) is 12.3. The molecule has 1 amide bonds. The molecule has 0 unspecified atom stereocenters. The lowest BCUT2D eigenvalue weighted by Crippen LogP contribution is -2.43. The van der Waals surface area contributed by atoms with Crippen LogP contribution in [-0.4, -0.2) is 41.3 Å². The highest BCUT2D eigenvalue weighted by atomic mass is 19.1. The second-order valence-corrected chi connectivity index (χ2v) is 8.26. The average molecular weight is 440 g/mol. The van der Waals surface area contributed by atoms with Crippen molar-refractivity contribution in [3.63, 3.8) is 0 Å². The summed E-state index contributed by atoms with van der Waals surface area (Å²) in [5, 5.41) is 3.25. The largest absolute Gasteiger partial charge is 0.467 e. The number of ether oxygens (including phenoxy) is 2. The van der Waals surface area contributed by atoms with Gasteiger partial charge in [0.2, 0.25) is 0 Å². The fourth-order valence-corrected chi connectivity index (χ4v) is 3.31. The van der Waals surface area contributed by atoms with E-state index in [4.69, 9.17) is 9.47 Å². The summed E-state index contributed by atoms with van der Waals surface area (Å²) < 4.78 is 25.7. The molecule has 0 aliphatic rings. The minimum Gasteiger partial charge on any atom is -0.467 e. The number of carbonyl (C=O) groups is 3. The van der Waals surface area contributed by atoms with E-state index in [-0.39, 0.29) is 12.0 Å². The number of halogens is 1. The highest BCUT2D eigenvalue weighted by molar-refractivity contribution is 5.97. The van der Waals surface area contributed by atoms with Crippen LogP contribution in [0.1, 0.15) is 36.7 Å². The van der Waals surface area contributed by atoms with Crippen molar-refractivity contribution in [2.75, 3.05) is 7.11 Å². The molecule has 1 heterocycles. The van der Waals surface area contributed by atoms with E-state index in [1.54, 1.807) is 51.2 Å². The summed E-state index contributed by atoms with van der Waals surface area (Å²) in [6.45, 7) is 5.30. The molecule has 0 radical (unpaired) electrons. The second-order valence-electron chi connectivity index (χ2n) is 8.26. The number of aromatic nitrogens is 1. The summed E-state index contributed by atoms with van der Waals surface area (Å²) >= 11 is 0. The number of para-hydroxylation sites is 1. The van der Waals surface area contributed by atoms with Gasteiger partial charge in [-0.05, 0) is 44.5 Å². The van der Waals surface area contributed by atoms with Crippen LogP contribution in [0.4, 0.5) is 9.18 Å². The highest BCUT2D eigenvalue weighted by Crippen LogP contribution is 2.24. The lowest BCUT2D eigenvalue weighted by atomic mass is 10.0. The maximum Gasteiger partial charge on any atom is 0.419 e. The van der Waals surface area contributed by atoms with Gasteiger partial charge in [-0.1, -0.05) is 30.3 Å². The fraction of sp³-hybridized carbons (Fsp3) is 0.292. The van der Waals surface area contributed by atoms with Crippen molar-refractivity contribution in [1.82, 2.24) is 9.88 Å². The van der Waals surface area contributed by atoms with Crippen molar-refractivity contribution in [3.05, 3.63) is 71.7 Å². The number of amides is 1. The molecular weight excluding hydrogens is 415 g/mol. The fourth-order valence-electron chi connectivity index (χ4n) is 3.31. The first-order valence-corrected chi connectivity index (χ1v) is 10.1. The predicted octanol–water partition coefficient (Wildman–Crippen LogP) is 4.08. The molecule has 3 rings (SSSR count). The van der Waals surface area contributed by atoms with Gasteiger partial charge < -0.3 is 14.8 Å². The Balaban J connectivity index is 1.94. The number of nitrogens with one attached hydrogen (secondary N) is 1. The first-order valence-electron chi connectivity index (χ1n) is 10.1. The van der Waals surface area contributed by atoms with Crippen molar-refractivity contribution < 1.29 is 28.2 Å². The molecule has 0 aliphatic heterocycles. The maximum atomic E-state index is 14.0. The Kier molecular flexibility index (Phi) is 6.62. The summed E-state index contributed by atoms with van der Waals surface area (Å²) in [6, 6.07) is 11.5. The number of esters is 1. The van der Waals surface area contributed by atoms with Gasteiger partial charge in [-0.25, -0.2) is 14.0 Å². The Hall–Kier alpha value is -3.68. The third kappa shape index (κ3) is 5.14. The Morgan fingerprint density at radius 2 is 1.72 bits per heavy atom. The second kappa shape index (κ2) is 9.21. The van der Waals surface area contributed by atoms with Gasteiger partial charge >= 0.3 is 12.1 Å². The number of rotatable bonds is 5. The number of nitrogens with zero attached hydrogens (tertiary/aromatic N) is 1. The highest BCUT2D eigenvalue weighted by Gasteiger charge is 2.27. The van der Waals surface area contributed by atoms with E-state index in [1.807, 2.05) is 0 Å². The summed E-state index contributed by atoms with van der Waals surface area (Å²) in [5.41, 5.74) is 0.347. The molecule has 1 N–H and O–H groups in total. The van der Waals surface area contributed by atoms with Crippen LogP contribution in [0, 0.1) is 5.82 Å². The number of benzene rings is 2. The van der Waals surface area contributed by atoms with Crippen molar-refractivity contribution in [3.8, 4) is 0 Å². The van der Waals surface area contributed by atoms with E-state index in [9.17, 15) is 18.8 Å². The quantitative estimate of drug-likeness (QED) is 0.604. The van der Waals surface area contributed by atoms with Crippen LogP contribution in [0.15, 0.2) is 54.7 Å². The van der Waals surface area contributed by atoms with Gasteiger partial charge in [0.1, 0.15) is 17.5 Å². The van der Waals surface area contributed by atoms with Crippen molar-refractivity contribution in [2.45, 2.75) is 38.8 Å². The lowest BCUT2D eigenvalue weighted by Gasteiger charge is -2.19. The number of hydrogen-bond donors (Lipinski definition) is 1. The zero-order valence-electron chi connectivity index (χ0n) is 18.3. The van der Waals surface area contributed by atoms with E-state index in [0.717, 1.165) is 6.07 Å². The molecule has 0 saturated heterocycles. The van der Waals surface area contributed by atoms with Crippen LogP contribution >= 0.6 is 0 Å². The smallest absolute Gasteiger partial charge is 0.419 e. The van der Waals surface area contributed by atoms with E-state index in [1.165, 1.54) is 29.9 Å². The minimum atomic E-state index is -1.09. The van der Waals surface area contributed by atoms with Crippen molar-refractivity contribution in [1.29, 1.82) is 0 Å². The molecule has 3 aromatic rings. The van der Waals surface area contributed by atoms with Crippen molar-refractivity contribution in [2.24, 2.45) is 0 Å². The molecule has 8 heteroatoms. The molecule has 32 heavy (non-hydrogen) atoms. The van der Waals surface area contributed by atoms with Crippen LogP contribution in [0.5, 0.6) is 0 Å².